The number of rotatable bonds is 2. The Morgan fingerprint density at radius 1 is 1.25 bits per heavy atom. The number of fused-ring (bicyclic) bond motifs is 1. The first-order chi connectivity index (χ1) is 9.59. The Bertz CT molecular complexity index is 486. The van der Waals surface area contributed by atoms with E-state index in [1.807, 2.05) is 0 Å². The Kier molecular flexibility index (Phi) is 3.64. The Morgan fingerprint density at radius 3 is 2.70 bits per heavy atom. The first-order valence-corrected chi connectivity index (χ1v) is 8.08. The molecule has 0 amide bonds. The first-order valence-electron chi connectivity index (χ1n) is 8.08. The van der Waals surface area contributed by atoms with Crippen LogP contribution >= 0.6 is 0 Å². The molecular weight excluding hydrogens is 246 g/mol. The normalized spacial score (nSPS) is 37.5. The maximum absolute atomic E-state index is 11.4. The highest BCUT2D eigenvalue weighted by atomic mass is 16.3. The van der Waals surface area contributed by atoms with Crippen LogP contribution < -0.4 is 5.73 Å². The molecule has 3 rings (SSSR count). The van der Waals surface area contributed by atoms with Gasteiger partial charge in [-0.3, -0.25) is 0 Å². The highest BCUT2D eigenvalue weighted by molar-refractivity contribution is 5.32. The van der Waals surface area contributed by atoms with Crippen molar-refractivity contribution in [1.82, 2.24) is 0 Å². The Labute approximate surface area is 122 Å². The third-order valence-electron chi connectivity index (χ3n) is 5.87. The zero-order valence-electron chi connectivity index (χ0n) is 12.6. The molecule has 3 N–H and O–H groups in total. The summed E-state index contributed by atoms with van der Waals surface area (Å²) in [6.45, 7) is 2.87. The average molecular weight is 273 g/mol. The molecule has 2 aliphatic carbocycles. The summed E-state index contributed by atoms with van der Waals surface area (Å²) in [4.78, 5) is 0. The topological polar surface area (TPSA) is 46.2 Å². The summed E-state index contributed by atoms with van der Waals surface area (Å²) in [5, 5.41) is 11.4. The zero-order valence-corrected chi connectivity index (χ0v) is 12.6. The second-order valence-corrected chi connectivity index (χ2v) is 7.16. The molecule has 0 radical (unpaired) electrons. The van der Waals surface area contributed by atoms with Crippen LogP contribution in [0.5, 0.6) is 0 Å². The van der Waals surface area contributed by atoms with E-state index in [0.29, 0.717) is 12.5 Å². The zero-order chi connectivity index (χ0) is 14.2. The molecule has 0 aromatic heterocycles. The lowest BCUT2D eigenvalue weighted by atomic mass is 9.56. The molecular formula is C18H27NO. The fourth-order valence-electron chi connectivity index (χ4n) is 4.57. The molecule has 0 spiro atoms. The van der Waals surface area contributed by atoms with Gasteiger partial charge in [-0.25, -0.2) is 0 Å². The second kappa shape index (κ2) is 5.16. The van der Waals surface area contributed by atoms with Crippen molar-refractivity contribution in [3.05, 3.63) is 35.4 Å². The predicted molar refractivity (Wildman–Crippen MR) is 82.5 cm³/mol. The van der Waals surface area contributed by atoms with Crippen LogP contribution in [0.2, 0.25) is 0 Å². The highest BCUT2D eigenvalue weighted by Gasteiger charge is 2.51. The van der Waals surface area contributed by atoms with Gasteiger partial charge in [-0.2, -0.15) is 0 Å². The lowest BCUT2D eigenvalue weighted by Gasteiger charge is -2.52. The molecule has 0 heterocycles. The summed E-state index contributed by atoms with van der Waals surface area (Å²) < 4.78 is 0. The van der Waals surface area contributed by atoms with E-state index in [9.17, 15) is 5.11 Å². The van der Waals surface area contributed by atoms with Crippen LogP contribution in [-0.2, 0) is 12.8 Å². The van der Waals surface area contributed by atoms with Crippen molar-refractivity contribution < 1.29 is 5.11 Å². The quantitative estimate of drug-likeness (QED) is 0.870. The van der Waals surface area contributed by atoms with Crippen molar-refractivity contribution >= 4 is 0 Å². The molecule has 1 aromatic carbocycles. The summed E-state index contributed by atoms with van der Waals surface area (Å²) in [6.07, 6.45) is 7.28. The number of hydrogen-bond donors (Lipinski definition) is 2. The first kappa shape index (κ1) is 14.1. The van der Waals surface area contributed by atoms with E-state index in [4.69, 9.17) is 5.73 Å². The van der Waals surface area contributed by atoms with E-state index in [2.05, 4.69) is 31.2 Å². The van der Waals surface area contributed by atoms with Gasteiger partial charge in [0.15, 0.2) is 0 Å². The van der Waals surface area contributed by atoms with Gasteiger partial charge in [0.1, 0.15) is 0 Å². The molecule has 3 atom stereocenters. The fraction of sp³-hybridized carbons (Fsp3) is 0.667. The standard InChI is InChI=1S/C18H27NO/c1-14-5-4-9-18(20,11-14)17(13-19)10-8-15-6-2-3-7-16(15)12-17/h2-3,6-7,14,20H,4-5,8-13,19H2,1H3. The second-order valence-electron chi connectivity index (χ2n) is 7.16. The molecule has 20 heavy (non-hydrogen) atoms. The summed E-state index contributed by atoms with van der Waals surface area (Å²) in [5.74, 6) is 0.620. The molecule has 110 valence electrons. The Balaban J connectivity index is 1.93. The van der Waals surface area contributed by atoms with Crippen LogP contribution in [0.1, 0.15) is 50.2 Å². The summed E-state index contributed by atoms with van der Waals surface area (Å²) >= 11 is 0. The van der Waals surface area contributed by atoms with Crippen molar-refractivity contribution in [1.29, 1.82) is 0 Å². The predicted octanol–water partition coefficient (Wildman–Crippen LogP) is 3.06. The van der Waals surface area contributed by atoms with Gasteiger partial charge < -0.3 is 10.8 Å². The largest absolute Gasteiger partial charge is 0.389 e. The molecule has 1 fully saturated rings. The van der Waals surface area contributed by atoms with Crippen LogP contribution in [0.15, 0.2) is 24.3 Å². The smallest absolute Gasteiger partial charge is 0.0721 e. The molecule has 2 nitrogen and oxygen atoms in total. The van der Waals surface area contributed by atoms with Gasteiger partial charge in [-0.15, -0.1) is 0 Å². The molecule has 0 saturated heterocycles. The van der Waals surface area contributed by atoms with Gasteiger partial charge in [-0.1, -0.05) is 44.0 Å². The Morgan fingerprint density at radius 2 is 2.00 bits per heavy atom. The SMILES string of the molecule is CC1CCCC(O)(C2(CN)CCc3ccccc3C2)C1. The minimum Gasteiger partial charge on any atom is -0.389 e. The number of aliphatic hydroxyl groups is 1. The van der Waals surface area contributed by atoms with E-state index in [1.54, 1.807) is 0 Å². The monoisotopic (exact) mass is 273 g/mol. The van der Waals surface area contributed by atoms with Crippen molar-refractivity contribution in [2.45, 2.75) is 57.5 Å². The number of benzene rings is 1. The summed E-state index contributed by atoms with van der Waals surface area (Å²) in [5.41, 5.74) is 8.37. The third-order valence-corrected chi connectivity index (χ3v) is 5.87. The molecule has 3 unspecified atom stereocenters. The number of nitrogens with two attached hydrogens (primary N) is 1. The number of hydrogen-bond acceptors (Lipinski definition) is 2. The minimum atomic E-state index is -0.563. The van der Waals surface area contributed by atoms with Gasteiger partial charge in [-0.05, 0) is 49.1 Å². The van der Waals surface area contributed by atoms with E-state index in [1.165, 1.54) is 17.5 Å². The van der Waals surface area contributed by atoms with Crippen LogP contribution in [0.4, 0.5) is 0 Å². The van der Waals surface area contributed by atoms with Crippen molar-refractivity contribution in [3.8, 4) is 0 Å². The van der Waals surface area contributed by atoms with Crippen LogP contribution in [-0.4, -0.2) is 17.3 Å². The minimum absolute atomic E-state index is 0.115. The maximum atomic E-state index is 11.4. The van der Waals surface area contributed by atoms with Gasteiger partial charge >= 0.3 is 0 Å². The molecule has 2 heteroatoms. The van der Waals surface area contributed by atoms with E-state index >= 15 is 0 Å². The third kappa shape index (κ3) is 2.19. The fourth-order valence-corrected chi connectivity index (χ4v) is 4.57. The van der Waals surface area contributed by atoms with Crippen LogP contribution in [0.3, 0.4) is 0 Å². The molecule has 1 saturated carbocycles. The lowest BCUT2D eigenvalue weighted by Crippen LogP contribution is -2.57. The summed E-state index contributed by atoms with van der Waals surface area (Å²) in [6, 6.07) is 8.67. The summed E-state index contributed by atoms with van der Waals surface area (Å²) in [7, 11) is 0. The maximum Gasteiger partial charge on any atom is 0.0721 e. The molecule has 2 aliphatic rings. The van der Waals surface area contributed by atoms with Crippen molar-refractivity contribution in [2.75, 3.05) is 6.54 Å². The number of aryl methyl sites for hydroxylation is 1. The van der Waals surface area contributed by atoms with E-state index in [-0.39, 0.29) is 5.41 Å². The average Bonchev–Trinajstić information content (AvgIpc) is 2.46. The van der Waals surface area contributed by atoms with E-state index in [0.717, 1.165) is 38.5 Å². The van der Waals surface area contributed by atoms with Crippen LogP contribution in [0, 0.1) is 11.3 Å². The van der Waals surface area contributed by atoms with Gasteiger partial charge in [0.05, 0.1) is 5.60 Å². The molecule has 1 aromatic rings. The Hall–Kier alpha value is -0.860. The lowest BCUT2D eigenvalue weighted by molar-refractivity contribution is -0.122. The van der Waals surface area contributed by atoms with Crippen LogP contribution in [0.25, 0.3) is 0 Å². The van der Waals surface area contributed by atoms with Gasteiger partial charge in [0, 0.05) is 12.0 Å². The highest BCUT2D eigenvalue weighted by Crippen LogP contribution is 2.50. The van der Waals surface area contributed by atoms with Crippen molar-refractivity contribution in [2.24, 2.45) is 17.1 Å². The van der Waals surface area contributed by atoms with Gasteiger partial charge in [0.25, 0.3) is 0 Å². The molecule has 0 bridgehead atoms. The van der Waals surface area contributed by atoms with Crippen molar-refractivity contribution in [3.63, 3.8) is 0 Å². The van der Waals surface area contributed by atoms with E-state index < -0.39 is 5.60 Å². The molecule has 0 aliphatic heterocycles. The van der Waals surface area contributed by atoms with Gasteiger partial charge in [0.2, 0.25) is 0 Å².